The lowest BCUT2D eigenvalue weighted by Crippen LogP contribution is -2.22. The Hall–Kier alpha value is -3.31. The summed E-state index contributed by atoms with van der Waals surface area (Å²) >= 11 is 0. The van der Waals surface area contributed by atoms with Gasteiger partial charge in [0.15, 0.2) is 5.75 Å². The third-order valence-electron chi connectivity index (χ3n) is 5.68. The van der Waals surface area contributed by atoms with Gasteiger partial charge >= 0.3 is 5.97 Å². The molecule has 0 spiro atoms. The Bertz CT molecular complexity index is 1150. The third kappa shape index (κ3) is 4.88. The van der Waals surface area contributed by atoms with Gasteiger partial charge in [-0.25, -0.2) is 4.79 Å². The molecule has 33 heavy (non-hydrogen) atoms. The maximum absolute atomic E-state index is 13.0. The molecule has 0 aliphatic carbocycles. The highest BCUT2D eigenvalue weighted by Gasteiger charge is 2.33. The maximum Gasteiger partial charge on any atom is 0.343 e. The van der Waals surface area contributed by atoms with Gasteiger partial charge in [-0.2, -0.15) is 0 Å². The second kappa shape index (κ2) is 9.67. The molecule has 3 rings (SSSR count). The zero-order chi connectivity index (χ0) is 24.3. The molecule has 0 fully saturated rings. The zero-order valence-corrected chi connectivity index (χ0v) is 20.6. The number of methoxy groups -OCH3 is 1. The van der Waals surface area contributed by atoms with Crippen molar-refractivity contribution < 1.29 is 14.6 Å². The highest BCUT2D eigenvalue weighted by molar-refractivity contribution is 6.05. The quantitative estimate of drug-likeness (QED) is 0.493. The summed E-state index contributed by atoms with van der Waals surface area (Å²) in [6, 6.07) is 19.8. The van der Waals surface area contributed by atoms with Gasteiger partial charge in [0.25, 0.3) is 0 Å². The number of carbonyl (C=O) groups excluding carboxylic acids is 1. The summed E-state index contributed by atoms with van der Waals surface area (Å²) < 4.78 is 7.06. The number of hydrogen-bond donors (Lipinski definition) is 1. The minimum atomic E-state index is -0.558. The summed E-state index contributed by atoms with van der Waals surface area (Å²) in [6.45, 7) is 7.09. The zero-order valence-electron chi connectivity index (χ0n) is 20.6. The Balaban J connectivity index is 2.50. The largest absolute Gasteiger partial charge is 0.505 e. The summed E-state index contributed by atoms with van der Waals surface area (Å²) in [6.07, 6.45) is 0. The van der Waals surface area contributed by atoms with E-state index in [1.165, 1.54) is 7.11 Å². The predicted octanol–water partition coefficient (Wildman–Crippen LogP) is 5.70. The van der Waals surface area contributed by atoms with Gasteiger partial charge in [-0.15, -0.1) is 0 Å². The van der Waals surface area contributed by atoms with Crippen LogP contribution in [0.4, 0.5) is 0 Å². The minimum absolute atomic E-state index is 0.0665. The number of allylic oxidation sites excluding steroid dienone is 1. The second-order valence-corrected chi connectivity index (χ2v) is 9.54. The highest BCUT2D eigenvalue weighted by atomic mass is 16.5. The first-order valence-corrected chi connectivity index (χ1v) is 11.1. The summed E-state index contributed by atoms with van der Waals surface area (Å²) in [5.74, 6) is -0.624. The molecule has 0 aliphatic heterocycles. The second-order valence-electron chi connectivity index (χ2n) is 9.54. The smallest absolute Gasteiger partial charge is 0.343 e. The van der Waals surface area contributed by atoms with Crippen molar-refractivity contribution in [3.63, 3.8) is 0 Å². The molecular formula is C28H34N2O3. The van der Waals surface area contributed by atoms with E-state index in [-0.39, 0.29) is 16.7 Å². The van der Waals surface area contributed by atoms with Crippen molar-refractivity contribution in [1.82, 2.24) is 9.47 Å². The van der Waals surface area contributed by atoms with Gasteiger partial charge in [0.05, 0.1) is 18.5 Å². The van der Waals surface area contributed by atoms with Gasteiger partial charge in [-0.05, 0) is 36.2 Å². The van der Waals surface area contributed by atoms with Crippen molar-refractivity contribution >= 4 is 17.1 Å². The van der Waals surface area contributed by atoms with Crippen LogP contribution in [0.5, 0.6) is 5.75 Å². The van der Waals surface area contributed by atoms with E-state index in [9.17, 15) is 9.90 Å². The fourth-order valence-electron chi connectivity index (χ4n) is 4.50. The van der Waals surface area contributed by atoms with Crippen molar-refractivity contribution in [2.45, 2.75) is 20.8 Å². The molecule has 1 N–H and O–H groups in total. The molecule has 1 heterocycles. The van der Waals surface area contributed by atoms with E-state index >= 15 is 0 Å². The normalized spacial score (nSPS) is 12.6. The minimum Gasteiger partial charge on any atom is -0.505 e. The molecule has 2 aromatic carbocycles. The highest BCUT2D eigenvalue weighted by Crippen LogP contribution is 2.45. The monoisotopic (exact) mass is 446 g/mol. The van der Waals surface area contributed by atoms with Crippen LogP contribution < -0.4 is 0 Å². The molecule has 174 valence electrons. The fraction of sp³-hybridized carbons (Fsp3) is 0.321. The van der Waals surface area contributed by atoms with Crippen LogP contribution in [0.2, 0.25) is 0 Å². The average molecular weight is 447 g/mol. The van der Waals surface area contributed by atoms with Gasteiger partial charge in [-0.1, -0.05) is 81.4 Å². The van der Waals surface area contributed by atoms with Gasteiger partial charge in [0, 0.05) is 19.2 Å². The lowest BCUT2D eigenvalue weighted by Gasteiger charge is -2.30. The van der Waals surface area contributed by atoms with Crippen LogP contribution in [0.3, 0.4) is 0 Å². The van der Waals surface area contributed by atoms with E-state index in [1.807, 2.05) is 74.2 Å². The lowest BCUT2D eigenvalue weighted by molar-refractivity contribution is 0.0597. The first-order valence-electron chi connectivity index (χ1n) is 11.1. The van der Waals surface area contributed by atoms with Gasteiger partial charge in [0.2, 0.25) is 0 Å². The first kappa shape index (κ1) is 24.3. The summed E-state index contributed by atoms with van der Waals surface area (Å²) in [5, 5.41) is 11.3. The molecule has 0 atom stereocenters. The summed E-state index contributed by atoms with van der Waals surface area (Å²) in [7, 11) is 7.25. The fourth-order valence-corrected chi connectivity index (χ4v) is 4.50. The Morgan fingerprint density at radius 2 is 1.55 bits per heavy atom. The van der Waals surface area contributed by atoms with Crippen LogP contribution in [0.1, 0.15) is 42.4 Å². The average Bonchev–Trinajstić information content (AvgIpc) is 3.02. The third-order valence-corrected chi connectivity index (χ3v) is 5.68. The van der Waals surface area contributed by atoms with E-state index in [2.05, 4.69) is 37.8 Å². The lowest BCUT2D eigenvalue weighted by atomic mass is 9.78. The van der Waals surface area contributed by atoms with Crippen molar-refractivity contribution in [2.24, 2.45) is 12.5 Å². The number of ether oxygens (including phenoxy) is 1. The van der Waals surface area contributed by atoms with Crippen molar-refractivity contribution in [3.8, 4) is 17.0 Å². The van der Waals surface area contributed by atoms with E-state index in [0.29, 0.717) is 17.9 Å². The molecular weight excluding hydrogens is 412 g/mol. The first-order chi connectivity index (χ1) is 15.6. The molecule has 3 aromatic rings. The Morgan fingerprint density at radius 3 is 2.03 bits per heavy atom. The SMILES string of the molecule is COC(=O)c1c(O)c(-c2ccccc2)n(C)c1/C(CN(C)C)=C(/c1ccccc1)C(C)(C)C. The molecule has 0 saturated heterocycles. The number of aromatic nitrogens is 1. The molecule has 0 amide bonds. The predicted molar refractivity (Wildman–Crippen MR) is 135 cm³/mol. The molecule has 0 aliphatic rings. The molecule has 0 radical (unpaired) electrons. The Labute approximate surface area is 196 Å². The number of aromatic hydroxyl groups is 1. The van der Waals surface area contributed by atoms with Crippen molar-refractivity contribution in [3.05, 3.63) is 77.5 Å². The van der Waals surface area contributed by atoms with Crippen LogP contribution in [-0.2, 0) is 11.8 Å². The van der Waals surface area contributed by atoms with E-state index in [1.54, 1.807) is 0 Å². The van der Waals surface area contributed by atoms with E-state index < -0.39 is 5.97 Å². The Morgan fingerprint density at radius 1 is 1.00 bits per heavy atom. The van der Waals surface area contributed by atoms with Crippen LogP contribution in [-0.4, -0.2) is 48.3 Å². The topological polar surface area (TPSA) is 54.7 Å². The molecule has 0 saturated carbocycles. The molecule has 1 aromatic heterocycles. The number of carbonyl (C=O) groups is 1. The summed E-state index contributed by atoms with van der Waals surface area (Å²) in [5.41, 5.74) is 5.21. The molecule has 5 nitrogen and oxygen atoms in total. The number of benzene rings is 2. The van der Waals surface area contributed by atoms with E-state index in [4.69, 9.17) is 4.74 Å². The van der Waals surface area contributed by atoms with Crippen LogP contribution in [0.15, 0.2) is 60.7 Å². The molecule has 0 unspecified atom stereocenters. The number of hydrogen-bond acceptors (Lipinski definition) is 4. The summed E-state index contributed by atoms with van der Waals surface area (Å²) in [4.78, 5) is 15.1. The standard InChI is InChI=1S/C28H34N2O3/c1-28(2,3)23(19-14-10-8-11-15-19)21(18-29(4)5)25-22(27(32)33-7)26(31)24(30(25)6)20-16-12-9-13-17-20/h8-17,31H,18H2,1-7H3/b23-21-. The van der Waals surface area contributed by atoms with Crippen molar-refractivity contribution in [1.29, 1.82) is 0 Å². The molecule has 5 heteroatoms. The maximum atomic E-state index is 13.0. The Kier molecular flexibility index (Phi) is 7.13. The number of nitrogens with zero attached hydrogens (tertiary/aromatic N) is 2. The molecule has 0 bridgehead atoms. The number of likely N-dealkylation sites (N-methyl/N-ethyl adjacent to an activating group) is 1. The van der Waals surface area contributed by atoms with Gasteiger partial charge in [0.1, 0.15) is 5.56 Å². The van der Waals surface area contributed by atoms with Gasteiger partial charge in [-0.3, -0.25) is 0 Å². The van der Waals surface area contributed by atoms with Gasteiger partial charge < -0.3 is 19.3 Å². The van der Waals surface area contributed by atoms with Crippen LogP contribution in [0, 0.1) is 5.41 Å². The van der Waals surface area contributed by atoms with E-state index in [0.717, 1.165) is 22.3 Å². The number of esters is 1. The van der Waals surface area contributed by atoms with Crippen molar-refractivity contribution in [2.75, 3.05) is 27.7 Å². The number of rotatable bonds is 6. The van der Waals surface area contributed by atoms with Crippen LogP contribution in [0.25, 0.3) is 22.4 Å². The van der Waals surface area contributed by atoms with Crippen LogP contribution >= 0.6 is 0 Å².